The molecule has 0 heterocycles. The van der Waals surface area contributed by atoms with Gasteiger partial charge in [0.15, 0.2) is 0 Å². The first kappa shape index (κ1) is 10.8. The van der Waals surface area contributed by atoms with E-state index in [2.05, 4.69) is 0 Å². The minimum absolute atomic E-state index is 0.0762. The molecule has 0 aromatic heterocycles. The molecule has 68 valence electrons. The number of unbranched alkanes of at least 4 members (excludes halogenated alkanes) is 1. The van der Waals surface area contributed by atoms with Crippen LogP contribution in [0.25, 0.3) is 0 Å². The lowest BCUT2D eigenvalue weighted by Gasteiger charge is -2.10. The van der Waals surface area contributed by atoms with E-state index in [1.54, 1.807) is 6.92 Å². The molecule has 3 nitrogen and oxygen atoms in total. The van der Waals surface area contributed by atoms with Gasteiger partial charge < -0.3 is 0 Å². The SMILES string of the molecule is CCCCC(F)(F)S(=O)(=O)O. The molecule has 0 aliphatic rings. The lowest BCUT2D eigenvalue weighted by molar-refractivity contribution is 0.0689. The number of hydrogen-bond donors (Lipinski definition) is 1. The van der Waals surface area contributed by atoms with Gasteiger partial charge in [-0.1, -0.05) is 13.3 Å². The van der Waals surface area contributed by atoms with E-state index >= 15 is 0 Å². The van der Waals surface area contributed by atoms with E-state index in [1.807, 2.05) is 0 Å². The summed E-state index contributed by atoms with van der Waals surface area (Å²) in [6.07, 6.45) is -0.278. The van der Waals surface area contributed by atoms with Crippen LogP contribution in [0.1, 0.15) is 26.2 Å². The molecule has 0 spiro atoms. The van der Waals surface area contributed by atoms with Crippen LogP contribution in [-0.4, -0.2) is 18.2 Å². The zero-order valence-electron chi connectivity index (χ0n) is 6.05. The zero-order chi connectivity index (χ0) is 9.12. The van der Waals surface area contributed by atoms with Crippen molar-refractivity contribution in [3.63, 3.8) is 0 Å². The molecule has 0 atom stereocenters. The van der Waals surface area contributed by atoms with E-state index in [1.165, 1.54) is 0 Å². The summed E-state index contributed by atoms with van der Waals surface area (Å²) in [4.78, 5) is 0. The maximum atomic E-state index is 12.3. The van der Waals surface area contributed by atoms with E-state index in [0.29, 0.717) is 6.42 Å². The van der Waals surface area contributed by atoms with Crippen molar-refractivity contribution in [2.24, 2.45) is 0 Å². The molecule has 6 heteroatoms. The maximum absolute atomic E-state index is 12.3. The molecular weight excluding hydrogens is 178 g/mol. The Morgan fingerprint density at radius 1 is 1.45 bits per heavy atom. The smallest absolute Gasteiger partial charge is 0.281 e. The van der Waals surface area contributed by atoms with Crippen LogP contribution in [0.15, 0.2) is 0 Å². The number of halogens is 2. The lowest BCUT2D eigenvalue weighted by atomic mass is 10.3. The van der Waals surface area contributed by atoms with Crippen LogP contribution in [0.2, 0.25) is 0 Å². The predicted octanol–water partition coefficient (Wildman–Crippen LogP) is 1.66. The van der Waals surface area contributed by atoms with Gasteiger partial charge in [-0.3, -0.25) is 4.55 Å². The Morgan fingerprint density at radius 3 is 2.18 bits per heavy atom. The van der Waals surface area contributed by atoms with Gasteiger partial charge in [-0.25, -0.2) is 0 Å². The third kappa shape index (κ3) is 3.11. The molecule has 0 saturated carbocycles. The molecule has 11 heavy (non-hydrogen) atoms. The average Bonchev–Trinajstić information content (AvgIpc) is 1.81. The van der Waals surface area contributed by atoms with Crippen molar-refractivity contribution in [2.45, 2.75) is 31.4 Å². The standard InChI is InChI=1S/C5H10F2O3S/c1-2-3-4-5(6,7)11(8,9)10/h2-4H2,1H3,(H,8,9,10). The molecule has 0 bridgehead atoms. The van der Waals surface area contributed by atoms with Crippen molar-refractivity contribution in [2.75, 3.05) is 0 Å². The van der Waals surface area contributed by atoms with Gasteiger partial charge in [0, 0.05) is 6.42 Å². The van der Waals surface area contributed by atoms with Crippen LogP contribution in [-0.2, 0) is 10.1 Å². The van der Waals surface area contributed by atoms with Gasteiger partial charge in [-0.2, -0.15) is 17.2 Å². The van der Waals surface area contributed by atoms with E-state index in [4.69, 9.17) is 4.55 Å². The van der Waals surface area contributed by atoms with Gasteiger partial charge in [-0.05, 0) is 6.42 Å². The highest BCUT2D eigenvalue weighted by Gasteiger charge is 2.42. The van der Waals surface area contributed by atoms with E-state index in [-0.39, 0.29) is 6.42 Å². The first-order valence-corrected chi connectivity index (χ1v) is 4.60. The van der Waals surface area contributed by atoms with Crippen molar-refractivity contribution >= 4 is 10.1 Å². The summed E-state index contributed by atoms with van der Waals surface area (Å²) in [6.45, 7) is 1.65. The fourth-order valence-corrected chi connectivity index (χ4v) is 0.914. The van der Waals surface area contributed by atoms with Gasteiger partial charge in [0.2, 0.25) is 0 Å². The highest BCUT2D eigenvalue weighted by Crippen LogP contribution is 2.26. The monoisotopic (exact) mass is 188 g/mol. The van der Waals surface area contributed by atoms with Crippen molar-refractivity contribution < 1.29 is 21.8 Å². The largest absolute Gasteiger partial charge is 0.370 e. The average molecular weight is 188 g/mol. The van der Waals surface area contributed by atoms with Crippen molar-refractivity contribution in [3.05, 3.63) is 0 Å². The molecule has 0 unspecified atom stereocenters. The quantitative estimate of drug-likeness (QED) is 0.682. The van der Waals surface area contributed by atoms with Crippen LogP contribution < -0.4 is 0 Å². The number of alkyl halides is 2. The summed E-state index contributed by atoms with van der Waals surface area (Å²) in [5.74, 6) is 0. The third-order valence-electron chi connectivity index (χ3n) is 1.20. The Bertz CT molecular complexity index is 210. The molecule has 0 aliphatic carbocycles. The Morgan fingerprint density at radius 2 is 1.91 bits per heavy atom. The summed E-state index contributed by atoms with van der Waals surface area (Å²) in [5.41, 5.74) is 0. The molecule has 0 aromatic rings. The molecule has 0 saturated heterocycles. The van der Waals surface area contributed by atoms with Gasteiger partial charge in [0.25, 0.3) is 0 Å². The highest BCUT2D eigenvalue weighted by atomic mass is 32.2. The lowest BCUT2D eigenvalue weighted by Crippen LogP contribution is -2.27. The molecule has 0 amide bonds. The second-order valence-corrected chi connectivity index (χ2v) is 3.76. The predicted molar refractivity (Wildman–Crippen MR) is 36.0 cm³/mol. The fourth-order valence-electron chi connectivity index (χ4n) is 0.512. The second kappa shape index (κ2) is 3.44. The van der Waals surface area contributed by atoms with Crippen LogP contribution in [0.5, 0.6) is 0 Å². The Labute approximate surface area is 64.2 Å². The van der Waals surface area contributed by atoms with Gasteiger partial charge in [0.1, 0.15) is 0 Å². The molecular formula is C5H10F2O3S. The first-order chi connectivity index (χ1) is 4.81. The van der Waals surface area contributed by atoms with E-state index in [9.17, 15) is 17.2 Å². The van der Waals surface area contributed by atoms with E-state index in [0.717, 1.165) is 0 Å². The molecule has 0 rings (SSSR count). The van der Waals surface area contributed by atoms with Crippen LogP contribution in [0, 0.1) is 0 Å². The molecule has 0 radical (unpaired) electrons. The Kier molecular flexibility index (Phi) is 3.37. The van der Waals surface area contributed by atoms with Gasteiger partial charge >= 0.3 is 15.4 Å². The summed E-state index contributed by atoms with van der Waals surface area (Å²) in [7, 11) is -5.21. The molecule has 0 fully saturated rings. The topological polar surface area (TPSA) is 54.4 Å². The summed E-state index contributed by atoms with van der Waals surface area (Å²) in [5, 5.41) is -3.98. The normalized spacial score (nSPS) is 13.5. The summed E-state index contributed by atoms with van der Waals surface area (Å²) >= 11 is 0. The minimum atomic E-state index is -5.21. The number of hydrogen-bond acceptors (Lipinski definition) is 2. The molecule has 0 aromatic carbocycles. The summed E-state index contributed by atoms with van der Waals surface area (Å²) in [6, 6.07) is 0. The first-order valence-electron chi connectivity index (χ1n) is 3.16. The fraction of sp³-hybridized carbons (Fsp3) is 1.00. The molecule has 0 aliphatic heterocycles. The minimum Gasteiger partial charge on any atom is -0.281 e. The summed E-state index contributed by atoms with van der Waals surface area (Å²) < 4.78 is 52.5. The van der Waals surface area contributed by atoms with Crippen molar-refractivity contribution in [1.29, 1.82) is 0 Å². The number of rotatable bonds is 4. The highest BCUT2D eigenvalue weighted by molar-refractivity contribution is 7.86. The van der Waals surface area contributed by atoms with Crippen LogP contribution in [0.3, 0.4) is 0 Å². The van der Waals surface area contributed by atoms with E-state index < -0.39 is 21.8 Å². The van der Waals surface area contributed by atoms with Crippen LogP contribution >= 0.6 is 0 Å². The van der Waals surface area contributed by atoms with Gasteiger partial charge in [0.05, 0.1) is 0 Å². The molecule has 1 N–H and O–H groups in total. The van der Waals surface area contributed by atoms with Crippen molar-refractivity contribution in [3.8, 4) is 0 Å². The maximum Gasteiger partial charge on any atom is 0.370 e. The van der Waals surface area contributed by atoms with Crippen LogP contribution in [0.4, 0.5) is 8.78 Å². The zero-order valence-corrected chi connectivity index (χ0v) is 6.87. The third-order valence-corrected chi connectivity index (χ3v) is 2.16. The second-order valence-electron chi connectivity index (χ2n) is 2.22. The Hall–Kier alpha value is -0.230. The Balaban J connectivity index is 4.24. The van der Waals surface area contributed by atoms with Gasteiger partial charge in [-0.15, -0.1) is 0 Å². The van der Waals surface area contributed by atoms with Crippen molar-refractivity contribution in [1.82, 2.24) is 0 Å².